The van der Waals surface area contributed by atoms with Crippen LogP contribution in [0.4, 0.5) is 0 Å². The Labute approximate surface area is 315 Å². The van der Waals surface area contributed by atoms with E-state index in [4.69, 9.17) is 25.8 Å². The van der Waals surface area contributed by atoms with Crippen molar-refractivity contribution in [2.45, 2.75) is 97.8 Å². The van der Waals surface area contributed by atoms with Gasteiger partial charge in [0.25, 0.3) is 0 Å². The third-order valence-corrected chi connectivity index (χ3v) is 9.27. The number of rotatable bonds is 21. The zero-order valence-corrected chi connectivity index (χ0v) is 31.8. The third kappa shape index (κ3) is 13.5. The molecule has 0 unspecified atom stereocenters. The third-order valence-electron chi connectivity index (χ3n) is 8.97. The summed E-state index contributed by atoms with van der Waals surface area (Å²) in [5.41, 5.74) is 4.25. The van der Waals surface area contributed by atoms with Crippen LogP contribution in [-0.2, 0) is 0 Å². The Morgan fingerprint density at radius 2 is 1.04 bits per heavy atom. The van der Waals surface area contributed by atoms with Crippen LogP contribution in [0, 0.1) is 6.92 Å². The standard InChI is InChI=1S/C46H53ClO5/c1-4-6-7-8-9-10-11-12-13-14-15-16-33-50-44-32-27-38(34-41(44)47)22-21-37-25-30-40(31-26-37)46(49)52-43-20-17-19-42(35(43)3)51-45(48)39-28-23-36(18-5-2)24-29-39/h5,17-32,34H,4,6-16,33H2,1-3H3. The smallest absolute Gasteiger partial charge is 0.343 e. The molecule has 4 aromatic rings. The molecule has 0 bridgehead atoms. The summed E-state index contributed by atoms with van der Waals surface area (Å²) >= 11 is 6.54. The number of allylic oxidation sites excluding steroid dienone is 1. The van der Waals surface area contributed by atoms with E-state index in [1.165, 1.54) is 70.6 Å². The molecule has 274 valence electrons. The van der Waals surface area contributed by atoms with Gasteiger partial charge in [0.1, 0.15) is 17.2 Å². The first-order valence-corrected chi connectivity index (χ1v) is 19.2. The van der Waals surface area contributed by atoms with E-state index in [2.05, 4.69) is 6.92 Å². The predicted octanol–water partition coefficient (Wildman–Crippen LogP) is 13.4. The summed E-state index contributed by atoms with van der Waals surface area (Å²) in [6.07, 6.45) is 23.6. The van der Waals surface area contributed by atoms with Crippen LogP contribution in [0.5, 0.6) is 17.2 Å². The van der Waals surface area contributed by atoms with Crippen LogP contribution in [0.1, 0.15) is 134 Å². The number of hydrogen-bond donors (Lipinski definition) is 0. The van der Waals surface area contributed by atoms with E-state index in [1.807, 2.05) is 73.7 Å². The molecular weight excluding hydrogens is 668 g/mol. The zero-order valence-electron chi connectivity index (χ0n) is 31.0. The maximum Gasteiger partial charge on any atom is 0.343 e. The van der Waals surface area contributed by atoms with Crippen molar-refractivity contribution in [1.29, 1.82) is 0 Å². The highest BCUT2D eigenvalue weighted by Gasteiger charge is 2.16. The number of esters is 2. The first kappa shape index (κ1) is 40.2. The maximum atomic E-state index is 13.0. The van der Waals surface area contributed by atoms with Gasteiger partial charge in [-0.25, -0.2) is 9.59 Å². The SMILES string of the molecule is CC=Cc1ccc(C(=O)Oc2cccc(OC(=O)c3ccc(C=Cc4ccc(OCCCCCCCCCCCCCC)c(Cl)c4)cc3)c2C)cc1. The molecule has 0 heterocycles. The van der Waals surface area contributed by atoms with Crippen LogP contribution < -0.4 is 14.2 Å². The topological polar surface area (TPSA) is 61.8 Å². The van der Waals surface area contributed by atoms with Crippen molar-refractivity contribution >= 4 is 41.8 Å². The number of unbranched alkanes of at least 4 members (excludes halogenated alkanes) is 11. The number of hydrogen-bond acceptors (Lipinski definition) is 5. The first-order valence-electron chi connectivity index (χ1n) is 18.8. The van der Waals surface area contributed by atoms with E-state index in [-0.39, 0.29) is 0 Å². The van der Waals surface area contributed by atoms with Gasteiger partial charge >= 0.3 is 11.9 Å². The Hall–Kier alpha value is -4.61. The zero-order chi connectivity index (χ0) is 37.0. The van der Waals surface area contributed by atoms with Crippen molar-refractivity contribution in [1.82, 2.24) is 0 Å². The largest absolute Gasteiger partial charge is 0.492 e. The van der Waals surface area contributed by atoms with Crippen molar-refractivity contribution < 1.29 is 23.8 Å². The van der Waals surface area contributed by atoms with Crippen molar-refractivity contribution in [2.75, 3.05) is 6.61 Å². The van der Waals surface area contributed by atoms with E-state index in [0.717, 1.165) is 23.1 Å². The van der Waals surface area contributed by atoms with E-state index < -0.39 is 11.9 Å². The highest BCUT2D eigenvalue weighted by molar-refractivity contribution is 6.32. The highest BCUT2D eigenvalue weighted by Crippen LogP contribution is 2.30. The van der Waals surface area contributed by atoms with Crippen molar-refractivity contribution in [2.24, 2.45) is 0 Å². The van der Waals surface area contributed by atoms with Gasteiger partial charge in [-0.15, -0.1) is 0 Å². The quantitative estimate of drug-likeness (QED) is 0.0371. The molecule has 4 aromatic carbocycles. The fourth-order valence-corrected chi connectivity index (χ4v) is 6.09. The summed E-state index contributed by atoms with van der Waals surface area (Å²) in [4.78, 5) is 25.7. The Morgan fingerprint density at radius 3 is 1.54 bits per heavy atom. The van der Waals surface area contributed by atoms with E-state index in [0.29, 0.717) is 45.6 Å². The van der Waals surface area contributed by atoms with Crippen LogP contribution in [0.15, 0.2) is 91.0 Å². The molecule has 0 spiro atoms. The normalized spacial score (nSPS) is 11.3. The van der Waals surface area contributed by atoms with Gasteiger partial charge in [-0.3, -0.25) is 0 Å². The van der Waals surface area contributed by atoms with Crippen LogP contribution in [0.25, 0.3) is 18.2 Å². The van der Waals surface area contributed by atoms with Gasteiger partial charge in [0.05, 0.1) is 22.8 Å². The second kappa shape index (κ2) is 22.4. The Bertz CT molecular complexity index is 1750. The number of ether oxygens (including phenoxy) is 3. The van der Waals surface area contributed by atoms with E-state index >= 15 is 0 Å². The Morgan fingerprint density at radius 1 is 0.577 bits per heavy atom. The first-order chi connectivity index (χ1) is 25.4. The summed E-state index contributed by atoms with van der Waals surface area (Å²) in [6.45, 7) is 6.63. The lowest BCUT2D eigenvalue weighted by Gasteiger charge is -2.12. The van der Waals surface area contributed by atoms with Crippen LogP contribution in [0.2, 0.25) is 5.02 Å². The fourth-order valence-electron chi connectivity index (χ4n) is 5.84. The molecule has 0 amide bonds. The number of benzene rings is 4. The van der Waals surface area contributed by atoms with Crippen molar-refractivity contribution in [3.05, 3.63) is 129 Å². The molecule has 0 N–H and O–H groups in total. The molecule has 0 aromatic heterocycles. The van der Waals surface area contributed by atoms with Gasteiger partial charge in [-0.1, -0.05) is 150 Å². The van der Waals surface area contributed by atoms with Crippen molar-refractivity contribution in [3.8, 4) is 17.2 Å². The fraction of sp³-hybridized carbons (Fsp3) is 0.348. The summed E-state index contributed by atoms with van der Waals surface area (Å²) < 4.78 is 17.3. The van der Waals surface area contributed by atoms with Gasteiger partial charge in [0.2, 0.25) is 0 Å². The number of halogens is 1. The summed E-state index contributed by atoms with van der Waals surface area (Å²) in [5.74, 6) is 0.360. The monoisotopic (exact) mass is 720 g/mol. The molecule has 0 fully saturated rings. The maximum absolute atomic E-state index is 13.0. The molecule has 0 radical (unpaired) electrons. The molecule has 0 saturated carbocycles. The molecule has 0 aliphatic carbocycles. The van der Waals surface area contributed by atoms with Gasteiger partial charge < -0.3 is 14.2 Å². The summed E-state index contributed by atoms with van der Waals surface area (Å²) in [5, 5.41) is 0.590. The lowest BCUT2D eigenvalue weighted by molar-refractivity contribution is 0.0730. The molecule has 6 heteroatoms. The lowest BCUT2D eigenvalue weighted by Crippen LogP contribution is -2.12. The number of carbonyl (C=O) groups is 2. The van der Waals surface area contributed by atoms with Crippen LogP contribution >= 0.6 is 11.6 Å². The molecule has 0 saturated heterocycles. The average Bonchev–Trinajstić information content (AvgIpc) is 3.15. The molecule has 0 aliphatic rings. The minimum atomic E-state index is -0.507. The van der Waals surface area contributed by atoms with Gasteiger partial charge in [-0.2, -0.15) is 0 Å². The highest BCUT2D eigenvalue weighted by atomic mass is 35.5. The van der Waals surface area contributed by atoms with E-state index in [1.54, 1.807) is 49.4 Å². The second-order valence-electron chi connectivity index (χ2n) is 13.2. The second-order valence-corrected chi connectivity index (χ2v) is 13.6. The molecule has 5 nitrogen and oxygen atoms in total. The molecule has 4 rings (SSSR count). The van der Waals surface area contributed by atoms with E-state index in [9.17, 15) is 9.59 Å². The van der Waals surface area contributed by atoms with Crippen LogP contribution in [-0.4, -0.2) is 18.5 Å². The van der Waals surface area contributed by atoms with Gasteiger partial charge in [0, 0.05) is 5.56 Å². The number of carbonyl (C=O) groups excluding carboxylic acids is 2. The molecule has 52 heavy (non-hydrogen) atoms. The predicted molar refractivity (Wildman–Crippen MR) is 216 cm³/mol. The minimum absolute atomic E-state index is 0.320. The molecular formula is C46H53ClO5. The van der Waals surface area contributed by atoms with Crippen molar-refractivity contribution in [3.63, 3.8) is 0 Å². The van der Waals surface area contributed by atoms with Crippen LogP contribution in [0.3, 0.4) is 0 Å². The van der Waals surface area contributed by atoms with Gasteiger partial charge in [0.15, 0.2) is 0 Å². The Balaban J connectivity index is 1.19. The summed E-state index contributed by atoms with van der Waals surface area (Å²) in [6, 6.07) is 25.1. The lowest BCUT2D eigenvalue weighted by atomic mass is 10.1. The molecule has 0 atom stereocenters. The average molecular weight is 721 g/mol. The Kier molecular flexibility index (Phi) is 17.3. The van der Waals surface area contributed by atoms with Gasteiger partial charge in [-0.05, 0) is 85.5 Å². The minimum Gasteiger partial charge on any atom is -0.492 e. The summed E-state index contributed by atoms with van der Waals surface area (Å²) in [7, 11) is 0. The molecule has 0 aliphatic heterocycles.